The van der Waals surface area contributed by atoms with Gasteiger partial charge in [-0.25, -0.2) is 9.18 Å². The summed E-state index contributed by atoms with van der Waals surface area (Å²) in [4.78, 5) is 29.9. The van der Waals surface area contributed by atoms with Gasteiger partial charge in [-0.05, 0) is 39.0 Å². The Labute approximate surface area is 167 Å². The van der Waals surface area contributed by atoms with Gasteiger partial charge in [-0.15, -0.1) is 0 Å². The van der Waals surface area contributed by atoms with Crippen molar-refractivity contribution in [1.82, 2.24) is 15.2 Å². The minimum Gasteiger partial charge on any atom is -0.457 e. The molecule has 1 aliphatic rings. The number of aromatic nitrogens is 1. The van der Waals surface area contributed by atoms with Crippen LogP contribution < -0.4 is 15.8 Å². The number of benzene rings is 1. The molecule has 1 saturated heterocycles. The zero-order valence-corrected chi connectivity index (χ0v) is 16.4. The fourth-order valence-corrected chi connectivity index (χ4v) is 2.62. The Bertz CT molecular complexity index is 923. The zero-order valence-electron chi connectivity index (χ0n) is 16.4. The molecule has 29 heavy (non-hydrogen) atoms. The quantitative estimate of drug-likeness (QED) is 0.762. The number of nitrogen functional groups attached to an aromatic ring is 1. The summed E-state index contributed by atoms with van der Waals surface area (Å²) in [6.07, 6.45) is 1.03. The maximum atomic E-state index is 13.3. The second-order valence-electron chi connectivity index (χ2n) is 7.72. The first-order chi connectivity index (χ1) is 13.6. The highest BCUT2D eigenvalue weighted by atomic mass is 19.1. The van der Waals surface area contributed by atoms with Crippen LogP contribution in [0.4, 0.5) is 14.9 Å². The molecule has 0 bridgehead atoms. The first-order valence-electron chi connectivity index (χ1n) is 9.08. The average Bonchev–Trinajstić information content (AvgIpc) is 2.59. The number of carbonyl (C=O) groups is 2. The molecule has 0 aliphatic carbocycles. The summed E-state index contributed by atoms with van der Waals surface area (Å²) in [6.45, 7) is 6.12. The predicted molar refractivity (Wildman–Crippen MR) is 104 cm³/mol. The molecule has 1 fully saturated rings. The minimum atomic E-state index is -0.565. The van der Waals surface area contributed by atoms with Gasteiger partial charge in [-0.1, -0.05) is 0 Å². The van der Waals surface area contributed by atoms with Crippen LogP contribution in [-0.4, -0.2) is 46.6 Å². The van der Waals surface area contributed by atoms with Crippen LogP contribution in [-0.2, 0) is 4.74 Å². The monoisotopic (exact) mass is 402 g/mol. The summed E-state index contributed by atoms with van der Waals surface area (Å²) in [6, 6.07) is 6.86. The van der Waals surface area contributed by atoms with Crippen molar-refractivity contribution in [2.24, 2.45) is 0 Å². The van der Waals surface area contributed by atoms with Crippen LogP contribution in [0.5, 0.6) is 11.5 Å². The fourth-order valence-electron chi connectivity index (χ4n) is 2.62. The van der Waals surface area contributed by atoms with E-state index in [0.717, 1.165) is 0 Å². The summed E-state index contributed by atoms with van der Waals surface area (Å²) in [7, 11) is 0. The smallest absolute Gasteiger partial charge is 0.410 e. The maximum absolute atomic E-state index is 13.3. The van der Waals surface area contributed by atoms with Crippen LogP contribution in [0, 0.1) is 5.82 Å². The first-order valence-corrected chi connectivity index (χ1v) is 9.08. The highest BCUT2D eigenvalue weighted by molar-refractivity contribution is 5.93. The topological polar surface area (TPSA) is 107 Å². The van der Waals surface area contributed by atoms with E-state index in [1.165, 1.54) is 35.4 Å². The van der Waals surface area contributed by atoms with Gasteiger partial charge in [0.15, 0.2) is 0 Å². The van der Waals surface area contributed by atoms with Crippen LogP contribution in [0.2, 0.25) is 0 Å². The van der Waals surface area contributed by atoms with Gasteiger partial charge in [0.25, 0.3) is 5.91 Å². The van der Waals surface area contributed by atoms with Crippen molar-refractivity contribution in [3.63, 3.8) is 0 Å². The van der Waals surface area contributed by atoms with E-state index < -0.39 is 17.5 Å². The Morgan fingerprint density at radius 3 is 2.55 bits per heavy atom. The number of carbonyl (C=O) groups excluding carboxylic acids is 2. The van der Waals surface area contributed by atoms with Crippen molar-refractivity contribution in [1.29, 1.82) is 0 Å². The van der Waals surface area contributed by atoms with Crippen molar-refractivity contribution < 1.29 is 23.5 Å². The normalized spacial score (nSPS) is 14.1. The molecular formula is C20H23FN4O4. The molecule has 0 saturated carbocycles. The van der Waals surface area contributed by atoms with E-state index in [0.29, 0.717) is 24.6 Å². The first kappa shape index (κ1) is 20.4. The third-order valence-electron chi connectivity index (χ3n) is 4.04. The van der Waals surface area contributed by atoms with Gasteiger partial charge in [0, 0.05) is 31.4 Å². The van der Waals surface area contributed by atoms with Crippen molar-refractivity contribution >= 4 is 17.7 Å². The van der Waals surface area contributed by atoms with E-state index in [1.807, 2.05) is 0 Å². The van der Waals surface area contributed by atoms with E-state index in [-0.39, 0.29) is 23.3 Å². The third kappa shape index (κ3) is 5.34. The van der Waals surface area contributed by atoms with Crippen molar-refractivity contribution in [3.8, 4) is 11.5 Å². The van der Waals surface area contributed by atoms with E-state index in [9.17, 15) is 14.0 Å². The molecule has 0 unspecified atom stereocenters. The van der Waals surface area contributed by atoms with Gasteiger partial charge in [-0.3, -0.25) is 9.78 Å². The van der Waals surface area contributed by atoms with Gasteiger partial charge in [0.1, 0.15) is 28.6 Å². The van der Waals surface area contributed by atoms with Crippen molar-refractivity contribution in [2.75, 3.05) is 18.8 Å². The number of rotatable bonds is 4. The average molecular weight is 402 g/mol. The number of likely N-dealkylation sites (tertiary alicyclic amines) is 1. The summed E-state index contributed by atoms with van der Waals surface area (Å²) < 4.78 is 24.1. The second kappa shape index (κ2) is 7.94. The molecular weight excluding hydrogens is 379 g/mol. The SMILES string of the molecule is CC(C)(C)OC(=O)N1CC(NC(=O)c2cc(Oc3ccc(F)c(N)c3)ccn2)C1. The Morgan fingerprint density at radius 1 is 1.21 bits per heavy atom. The summed E-state index contributed by atoms with van der Waals surface area (Å²) in [5.41, 5.74) is 5.09. The van der Waals surface area contributed by atoms with E-state index >= 15 is 0 Å². The van der Waals surface area contributed by atoms with Gasteiger partial charge >= 0.3 is 6.09 Å². The van der Waals surface area contributed by atoms with Gasteiger partial charge in [0.2, 0.25) is 0 Å². The van der Waals surface area contributed by atoms with Crippen LogP contribution in [0.25, 0.3) is 0 Å². The zero-order chi connectivity index (χ0) is 21.2. The Morgan fingerprint density at radius 2 is 1.90 bits per heavy atom. The molecule has 1 aromatic heterocycles. The number of hydrogen-bond acceptors (Lipinski definition) is 6. The van der Waals surface area contributed by atoms with Crippen LogP contribution in [0.15, 0.2) is 36.5 Å². The van der Waals surface area contributed by atoms with E-state index in [4.69, 9.17) is 15.2 Å². The number of nitrogens with one attached hydrogen (secondary N) is 1. The van der Waals surface area contributed by atoms with Gasteiger partial charge in [0.05, 0.1) is 11.7 Å². The summed E-state index contributed by atoms with van der Waals surface area (Å²) >= 11 is 0. The lowest BCUT2D eigenvalue weighted by molar-refractivity contribution is 0.00531. The van der Waals surface area contributed by atoms with E-state index in [1.54, 1.807) is 26.8 Å². The maximum Gasteiger partial charge on any atom is 0.410 e. The van der Waals surface area contributed by atoms with Crippen molar-refractivity contribution in [2.45, 2.75) is 32.4 Å². The highest BCUT2D eigenvalue weighted by Gasteiger charge is 2.34. The molecule has 2 aromatic rings. The number of hydrogen-bond donors (Lipinski definition) is 2. The molecule has 1 aromatic carbocycles. The molecule has 3 rings (SSSR count). The van der Waals surface area contributed by atoms with E-state index in [2.05, 4.69) is 10.3 Å². The molecule has 3 N–H and O–H groups in total. The molecule has 0 atom stereocenters. The van der Waals surface area contributed by atoms with Gasteiger partial charge < -0.3 is 25.4 Å². The molecule has 154 valence electrons. The molecule has 2 amide bonds. The number of nitrogens with zero attached hydrogens (tertiary/aromatic N) is 2. The number of pyridine rings is 1. The highest BCUT2D eigenvalue weighted by Crippen LogP contribution is 2.25. The predicted octanol–water partition coefficient (Wildman–Crippen LogP) is 2.94. The molecule has 1 aliphatic heterocycles. The number of halogens is 1. The number of nitrogens with two attached hydrogens (primary N) is 1. The van der Waals surface area contributed by atoms with Crippen LogP contribution >= 0.6 is 0 Å². The molecule has 0 spiro atoms. The molecule has 8 nitrogen and oxygen atoms in total. The number of ether oxygens (including phenoxy) is 2. The Kier molecular flexibility index (Phi) is 5.58. The Hall–Kier alpha value is -3.36. The van der Waals surface area contributed by atoms with Crippen LogP contribution in [0.3, 0.4) is 0 Å². The minimum absolute atomic E-state index is 0.0333. The van der Waals surface area contributed by atoms with Gasteiger partial charge in [-0.2, -0.15) is 0 Å². The standard InChI is InChI=1S/C20H23FN4O4/c1-20(2,3)29-19(27)25-10-12(11-25)24-18(26)17-9-14(6-7-23-17)28-13-4-5-15(21)16(22)8-13/h4-9,12H,10-11,22H2,1-3H3,(H,24,26). The molecule has 2 heterocycles. The van der Waals surface area contributed by atoms with Crippen molar-refractivity contribution in [3.05, 3.63) is 48.0 Å². The molecule has 0 radical (unpaired) electrons. The lowest BCUT2D eigenvalue weighted by Crippen LogP contribution is -2.61. The summed E-state index contributed by atoms with van der Waals surface area (Å²) in [5, 5.41) is 2.81. The second-order valence-corrected chi connectivity index (χ2v) is 7.72. The Balaban J connectivity index is 1.55. The molecule has 9 heteroatoms. The number of amides is 2. The number of anilines is 1. The van der Waals surface area contributed by atoms with Crippen LogP contribution in [0.1, 0.15) is 31.3 Å². The third-order valence-corrected chi connectivity index (χ3v) is 4.04. The lowest BCUT2D eigenvalue weighted by Gasteiger charge is -2.39. The summed E-state index contributed by atoms with van der Waals surface area (Å²) in [5.74, 6) is -0.218. The lowest BCUT2D eigenvalue weighted by atomic mass is 10.1. The fraction of sp³-hybridized carbons (Fsp3) is 0.350. The largest absolute Gasteiger partial charge is 0.457 e.